The van der Waals surface area contributed by atoms with Gasteiger partial charge in [-0.05, 0) is 67.6 Å². The normalized spacial score (nSPS) is 10.3. The molecule has 0 aliphatic rings. The molecule has 0 aliphatic heterocycles. The second-order valence-electron chi connectivity index (χ2n) is 7.29. The van der Waals surface area contributed by atoms with Crippen LogP contribution in [0.15, 0.2) is 72.9 Å². The van der Waals surface area contributed by atoms with Crippen LogP contribution in [0.25, 0.3) is 0 Å². The van der Waals surface area contributed by atoms with Gasteiger partial charge in [0.1, 0.15) is 17.1 Å². The Balaban J connectivity index is 1.43. The minimum absolute atomic E-state index is 0.272. The molecule has 1 amide bonds. The van der Waals surface area contributed by atoms with Crippen molar-refractivity contribution < 1.29 is 14.3 Å². The summed E-state index contributed by atoms with van der Waals surface area (Å²) in [6.07, 6.45) is 1.57. The van der Waals surface area contributed by atoms with Gasteiger partial charge in [0, 0.05) is 35.0 Å². The highest BCUT2D eigenvalue weighted by atomic mass is 16.5. The number of rotatable bonds is 8. The maximum absolute atomic E-state index is 12.5. The molecule has 4 rings (SSSR count). The molecule has 0 fully saturated rings. The predicted octanol–water partition coefficient (Wildman–Crippen LogP) is 4.94. The van der Waals surface area contributed by atoms with Crippen LogP contribution in [0.2, 0.25) is 0 Å². The molecule has 0 saturated carbocycles. The molecule has 0 radical (unpaired) electrons. The quantitative estimate of drug-likeness (QED) is 0.342. The van der Waals surface area contributed by atoms with E-state index < -0.39 is 0 Å². The Kier molecular flexibility index (Phi) is 6.83. The minimum Gasteiger partial charge on any atom is -0.497 e. The summed E-state index contributed by atoms with van der Waals surface area (Å²) >= 11 is 0. The van der Waals surface area contributed by atoms with Crippen LogP contribution in [0.4, 0.5) is 28.8 Å². The average molecular weight is 457 g/mol. The van der Waals surface area contributed by atoms with Crippen LogP contribution in [0.3, 0.4) is 0 Å². The molecule has 34 heavy (non-hydrogen) atoms. The molecule has 4 aromatic rings. The Hall–Kier alpha value is -4.66. The van der Waals surface area contributed by atoms with Crippen molar-refractivity contribution >= 4 is 34.7 Å². The molecule has 2 aromatic carbocycles. The SMILES string of the molecule is COc1ccc(Nc2cc(C)nc(Nc3ccc(NC(=O)c4cccnc4OC)cc3)n2)cc1. The monoisotopic (exact) mass is 456 g/mol. The first-order chi connectivity index (χ1) is 16.5. The lowest BCUT2D eigenvalue weighted by atomic mass is 10.2. The third kappa shape index (κ3) is 5.57. The second kappa shape index (κ2) is 10.3. The van der Waals surface area contributed by atoms with Crippen molar-refractivity contribution in [2.45, 2.75) is 6.92 Å². The Morgan fingerprint density at radius 2 is 1.50 bits per heavy atom. The topological polar surface area (TPSA) is 110 Å². The van der Waals surface area contributed by atoms with E-state index in [1.165, 1.54) is 7.11 Å². The third-order valence-corrected chi connectivity index (χ3v) is 4.82. The van der Waals surface area contributed by atoms with Crippen molar-refractivity contribution in [2.75, 3.05) is 30.2 Å². The van der Waals surface area contributed by atoms with Gasteiger partial charge in [0.2, 0.25) is 11.8 Å². The van der Waals surface area contributed by atoms with Crippen LogP contribution in [-0.2, 0) is 0 Å². The van der Waals surface area contributed by atoms with Gasteiger partial charge in [-0.15, -0.1) is 0 Å². The fourth-order valence-corrected chi connectivity index (χ4v) is 3.20. The smallest absolute Gasteiger partial charge is 0.261 e. The van der Waals surface area contributed by atoms with Gasteiger partial charge in [-0.1, -0.05) is 0 Å². The number of benzene rings is 2. The zero-order valence-electron chi connectivity index (χ0n) is 19.0. The first-order valence-electron chi connectivity index (χ1n) is 10.5. The second-order valence-corrected chi connectivity index (χ2v) is 7.29. The third-order valence-electron chi connectivity index (χ3n) is 4.82. The molecule has 9 nitrogen and oxygen atoms in total. The summed E-state index contributed by atoms with van der Waals surface area (Å²) in [4.78, 5) is 25.6. The standard InChI is InChI=1S/C25H24N6O3/c1-16-15-22(28-17-10-12-20(33-2)13-11-17)31-25(27-16)30-19-8-6-18(7-9-19)29-23(32)21-5-4-14-26-24(21)34-3/h4-15H,1-3H3,(H,29,32)(H2,27,28,30,31). The summed E-state index contributed by atoms with van der Waals surface area (Å²) in [5.41, 5.74) is 3.46. The number of nitrogens with one attached hydrogen (secondary N) is 3. The molecule has 0 aliphatic carbocycles. The van der Waals surface area contributed by atoms with E-state index in [0.29, 0.717) is 23.0 Å². The van der Waals surface area contributed by atoms with Crippen molar-refractivity contribution in [2.24, 2.45) is 0 Å². The molecular formula is C25H24N6O3. The van der Waals surface area contributed by atoms with Crippen molar-refractivity contribution in [1.29, 1.82) is 0 Å². The molecule has 172 valence electrons. The van der Waals surface area contributed by atoms with Gasteiger partial charge in [-0.2, -0.15) is 4.98 Å². The predicted molar refractivity (Wildman–Crippen MR) is 132 cm³/mol. The highest BCUT2D eigenvalue weighted by Gasteiger charge is 2.13. The fourth-order valence-electron chi connectivity index (χ4n) is 3.20. The van der Waals surface area contributed by atoms with Crippen LogP contribution < -0.4 is 25.4 Å². The van der Waals surface area contributed by atoms with E-state index in [9.17, 15) is 4.79 Å². The highest BCUT2D eigenvalue weighted by Crippen LogP contribution is 2.23. The Morgan fingerprint density at radius 1 is 0.824 bits per heavy atom. The molecule has 0 bridgehead atoms. The number of aromatic nitrogens is 3. The zero-order chi connectivity index (χ0) is 23.9. The van der Waals surface area contributed by atoms with E-state index in [0.717, 1.165) is 22.8 Å². The van der Waals surface area contributed by atoms with Gasteiger partial charge in [-0.25, -0.2) is 9.97 Å². The van der Waals surface area contributed by atoms with Crippen LogP contribution in [-0.4, -0.2) is 35.1 Å². The summed E-state index contributed by atoms with van der Waals surface area (Å²) in [6.45, 7) is 1.90. The lowest BCUT2D eigenvalue weighted by Gasteiger charge is -2.11. The number of hydrogen-bond donors (Lipinski definition) is 3. The van der Waals surface area contributed by atoms with E-state index in [1.807, 2.05) is 49.4 Å². The summed E-state index contributed by atoms with van der Waals surface area (Å²) in [7, 11) is 3.11. The average Bonchev–Trinajstić information content (AvgIpc) is 2.85. The summed E-state index contributed by atoms with van der Waals surface area (Å²) < 4.78 is 10.3. The fraction of sp³-hybridized carbons (Fsp3) is 0.120. The van der Waals surface area contributed by atoms with Gasteiger partial charge in [0.25, 0.3) is 5.91 Å². The maximum Gasteiger partial charge on any atom is 0.261 e. The number of carbonyl (C=O) groups is 1. The molecule has 0 unspecified atom stereocenters. The molecule has 2 heterocycles. The van der Waals surface area contributed by atoms with Gasteiger partial charge in [0.15, 0.2) is 0 Å². The van der Waals surface area contributed by atoms with Crippen molar-refractivity contribution in [3.63, 3.8) is 0 Å². The Bertz CT molecular complexity index is 1280. The molecule has 0 saturated heterocycles. The summed E-state index contributed by atoms with van der Waals surface area (Å²) in [5, 5.41) is 9.30. The van der Waals surface area contributed by atoms with Crippen molar-refractivity contribution in [1.82, 2.24) is 15.0 Å². The number of ether oxygens (including phenoxy) is 2. The number of anilines is 5. The molecular weight excluding hydrogens is 432 g/mol. The minimum atomic E-state index is -0.304. The van der Waals surface area contributed by atoms with Gasteiger partial charge >= 0.3 is 0 Å². The van der Waals surface area contributed by atoms with Crippen molar-refractivity contribution in [3.8, 4) is 11.6 Å². The van der Waals surface area contributed by atoms with Crippen LogP contribution >= 0.6 is 0 Å². The van der Waals surface area contributed by atoms with Crippen LogP contribution in [0, 0.1) is 6.92 Å². The van der Waals surface area contributed by atoms with Gasteiger partial charge < -0.3 is 25.4 Å². The largest absolute Gasteiger partial charge is 0.497 e. The van der Waals surface area contributed by atoms with E-state index in [-0.39, 0.29) is 11.8 Å². The number of carbonyl (C=O) groups excluding carboxylic acids is 1. The van der Waals surface area contributed by atoms with Gasteiger partial charge in [-0.3, -0.25) is 4.79 Å². The van der Waals surface area contributed by atoms with Crippen molar-refractivity contribution in [3.05, 3.63) is 84.2 Å². The summed E-state index contributed by atoms with van der Waals surface area (Å²) in [6, 6.07) is 20.0. The Labute approximate surface area is 197 Å². The van der Waals surface area contributed by atoms with E-state index >= 15 is 0 Å². The number of pyridine rings is 1. The highest BCUT2D eigenvalue weighted by molar-refractivity contribution is 6.05. The number of hydrogen-bond acceptors (Lipinski definition) is 8. The van der Waals surface area contributed by atoms with Crippen LogP contribution in [0.5, 0.6) is 11.6 Å². The number of methoxy groups -OCH3 is 2. The van der Waals surface area contributed by atoms with Gasteiger partial charge in [0.05, 0.1) is 14.2 Å². The number of amides is 1. The zero-order valence-corrected chi connectivity index (χ0v) is 19.0. The Morgan fingerprint density at radius 3 is 2.21 bits per heavy atom. The molecule has 3 N–H and O–H groups in total. The lowest BCUT2D eigenvalue weighted by Crippen LogP contribution is -2.13. The number of nitrogens with zero attached hydrogens (tertiary/aromatic N) is 3. The molecule has 2 aromatic heterocycles. The maximum atomic E-state index is 12.5. The summed E-state index contributed by atoms with van der Waals surface area (Å²) in [5.74, 6) is 1.87. The number of aryl methyl sites for hydroxylation is 1. The molecule has 9 heteroatoms. The van der Waals surface area contributed by atoms with E-state index in [1.54, 1.807) is 37.6 Å². The molecule has 0 spiro atoms. The first-order valence-corrected chi connectivity index (χ1v) is 10.5. The van der Waals surface area contributed by atoms with Crippen LogP contribution in [0.1, 0.15) is 16.1 Å². The first kappa shape index (κ1) is 22.5. The lowest BCUT2D eigenvalue weighted by molar-refractivity contribution is 0.102. The van der Waals surface area contributed by atoms with E-state index in [2.05, 4.69) is 30.9 Å². The molecule has 0 atom stereocenters. The van der Waals surface area contributed by atoms with E-state index in [4.69, 9.17) is 9.47 Å².